The van der Waals surface area contributed by atoms with Crippen LogP contribution in [0.25, 0.3) is 0 Å². The molecular formula is C14H15N3O2. The van der Waals surface area contributed by atoms with Gasteiger partial charge < -0.3 is 15.8 Å². The summed E-state index contributed by atoms with van der Waals surface area (Å²) in [7, 11) is 0. The number of para-hydroxylation sites is 2. The van der Waals surface area contributed by atoms with E-state index in [0.29, 0.717) is 23.7 Å². The van der Waals surface area contributed by atoms with E-state index < -0.39 is 5.91 Å². The second-order valence-corrected chi connectivity index (χ2v) is 3.82. The fourth-order valence-electron chi connectivity index (χ4n) is 1.68. The minimum atomic E-state index is -0.524. The van der Waals surface area contributed by atoms with E-state index in [0.717, 1.165) is 5.69 Å². The Labute approximate surface area is 111 Å². The molecule has 98 valence electrons. The number of pyridine rings is 1. The van der Waals surface area contributed by atoms with Gasteiger partial charge in [0.2, 0.25) is 0 Å². The van der Waals surface area contributed by atoms with Crippen molar-refractivity contribution in [3.05, 3.63) is 48.2 Å². The summed E-state index contributed by atoms with van der Waals surface area (Å²) in [5, 5.41) is 3.07. The van der Waals surface area contributed by atoms with Gasteiger partial charge in [-0.3, -0.25) is 4.79 Å². The topological polar surface area (TPSA) is 77.2 Å². The molecule has 3 N–H and O–H groups in total. The van der Waals surface area contributed by atoms with Crippen molar-refractivity contribution in [2.24, 2.45) is 5.73 Å². The van der Waals surface area contributed by atoms with Crippen molar-refractivity contribution in [2.45, 2.75) is 6.92 Å². The average molecular weight is 257 g/mol. The van der Waals surface area contributed by atoms with Crippen molar-refractivity contribution in [3.63, 3.8) is 0 Å². The van der Waals surface area contributed by atoms with Gasteiger partial charge in [-0.15, -0.1) is 0 Å². The Hall–Kier alpha value is -2.56. The molecule has 0 aliphatic heterocycles. The van der Waals surface area contributed by atoms with Crippen LogP contribution in [0.5, 0.6) is 5.75 Å². The lowest BCUT2D eigenvalue weighted by Crippen LogP contribution is -2.14. The SMILES string of the molecule is CCOc1ccccc1Nc1ncccc1C(N)=O. The maximum absolute atomic E-state index is 11.3. The highest BCUT2D eigenvalue weighted by molar-refractivity contribution is 5.98. The zero-order valence-electron chi connectivity index (χ0n) is 10.6. The standard InChI is InChI=1S/C14H15N3O2/c1-2-19-12-8-4-3-7-11(12)17-14-10(13(15)18)6-5-9-16-14/h3-9H,2H2,1H3,(H2,15,18)(H,16,17). The third-order valence-electron chi connectivity index (χ3n) is 2.51. The third kappa shape index (κ3) is 3.01. The van der Waals surface area contributed by atoms with Gasteiger partial charge in [-0.1, -0.05) is 12.1 Å². The monoisotopic (exact) mass is 257 g/mol. The van der Waals surface area contributed by atoms with Gasteiger partial charge in [0.25, 0.3) is 5.91 Å². The van der Waals surface area contributed by atoms with Gasteiger partial charge in [0.05, 0.1) is 17.9 Å². The van der Waals surface area contributed by atoms with Gasteiger partial charge >= 0.3 is 0 Å². The molecule has 19 heavy (non-hydrogen) atoms. The predicted molar refractivity (Wildman–Crippen MR) is 73.6 cm³/mol. The summed E-state index contributed by atoms with van der Waals surface area (Å²) in [6.45, 7) is 2.47. The van der Waals surface area contributed by atoms with Crippen molar-refractivity contribution in [2.75, 3.05) is 11.9 Å². The van der Waals surface area contributed by atoms with Crippen LogP contribution < -0.4 is 15.8 Å². The molecule has 1 amide bonds. The van der Waals surface area contributed by atoms with Crippen LogP contribution in [0.1, 0.15) is 17.3 Å². The lowest BCUT2D eigenvalue weighted by atomic mass is 10.2. The van der Waals surface area contributed by atoms with Crippen LogP contribution in [-0.4, -0.2) is 17.5 Å². The minimum absolute atomic E-state index is 0.341. The van der Waals surface area contributed by atoms with Gasteiger partial charge in [-0.25, -0.2) is 4.98 Å². The molecule has 1 aromatic heterocycles. The molecule has 1 heterocycles. The molecular weight excluding hydrogens is 242 g/mol. The molecule has 0 aliphatic carbocycles. The van der Waals surface area contributed by atoms with Crippen molar-refractivity contribution in [3.8, 4) is 5.75 Å². The van der Waals surface area contributed by atoms with E-state index in [2.05, 4.69) is 10.3 Å². The lowest BCUT2D eigenvalue weighted by molar-refractivity contribution is 0.100. The van der Waals surface area contributed by atoms with Gasteiger partial charge in [-0.05, 0) is 31.2 Å². The van der Waals surface area contributed by atoms with E-state index in [4.69, 9.17) is 10.5 Å². The number of hydrogen-bond acceptors (Lipinski definition) is 4. The molecule has 0 unspecified atom stereocenters. The quantitative estimate of drug-likeness (QED) is 0.861. The van der Waals surface area contributed by atoms with Gasteiger partial charge in [0.1, 0.15) is 11.6 Å². The fourth-order valence-corrected chi connectivity index (χ4v) is 1.68. The molecule has 1 aromatic carbocycles. The molecule has 5 heteroatoms. The number of primary amides is 1. The van der Waals surface area contributed by atoms with E-state index in [1.807, 2.05) is 31.2 Å². The van der Waals surface area contributed by atoms with E-state index >= 15 is 0 Å². The first kappa shape index (κ1) is 12.9. The molecule has 0 aliphatic rings. The molecule has 2 aromatic rings. The largest absolute Gasteiger partial charge is 0.492 e. The van der Waals surface area contributed by atoms with E-state index in [1.165, 1.54) is 0 Å². The third-order valence-corrected chi connectivity index (χ3v) is 2.51. The highest BCUT2D eigenvalue weighted by Gasteiger charge is 2.10. The summed E-state index contributed by atoms with van der Waals surface area (Å²) in [6.07, 6.45) is 1.60. The second kappa shape index (κ2) is 5.86. The number of nitrogens with two attached hydrogens (primary N) is 1. The number of aromatic nitrogens is 1. The van der Waals surface area contributed by atoms with Crippen molar-refractivity contribution >= 4 is 17.4 Å². The van der Waals surface area contributed by atoms with Crippen LogP contribution in [0.15, 0.2) is 42.6 Å². The summed E-state index contributed by atoms with van der Waals surface area (Å²) in [6, 6.07) is 10.7. The number of anilines is 2. The summed E-state index contributed by atoms with van der Waals surface area (Å²) < 4.78 is 5.50. The number of amides is 1. The average Bonchev–Trinajstić information content (AvgIpc) is 2.42. The first-order valence-corrected chi connectivity index (χ1v) is 5.96. The maximum atomic E-state index is 11.3. The first-order valence-electron chi connectivity index (χ1n) is 5.96. The van der Waals surface area contributed by atoms with Gasteiger partial charge in [-0.2, -0.15) is 0 Å². The Kier molecular flexibility index (Phi) is 3.97. The Morgan fingerprint density at radius 2 is 2.11 bits per heavy atom. The smallest absolute Gasteiger partial charge is 0.252 e. The number of rotatable bonds is 5. The number of nitrogens with zero attached hydrogens (tertiary/aromatic N) is 1. The summed E-state index contributed by atoms with van der Waals surface area (Å²) in [5.74, 6) is 0.595. The van der Waals surface area contributed by atoms with Crippen molar-refractivity contribution in [1.82, 2.24) is 4.98 Å². The zero-order chi connectivity index (χ0) is 13.7. The normalized spacial score (nSPS) is 9.95. The van der Waals surface area contributed by atoms with Crippen LogP contribution in [-0.2, 0) is 0 Å². The zero-order valence-corrected chi connectivity index (χ0v) is 10.6. The molecule has 0 radical (unpaired) electrons. The van der Waals surface area contributed by atoms with Crippen LogP contribution in [0.2, 0.25) is 0 Å². The summed E-state index contributed by atoms with van der Waals surface area (Å²) in [4.78, 5) is 15.5. The maximum Gasteiger partial charge on any atom is 0.252 e. The van der Waals surface area contributed by atoms with Crippen LogP contribution >= 0.6 is 0 Å². The highest BCUT2D eigenvalue weighted by atomic mass is 16.5. The molecule has 0 fully saturated rings. The Morgan fingerprint density at radius 1 is 1.32 bits per heavy atom. The number of nitrogens with one attached hydrogen (secondary N) is 1. The Morgan fingerprint density at radius 3 is 2.84 bits per heavy atom. The number of hydrogen-bond donors (Lipinski definition) is 2. The number of carbonyl (C=O) groups excluding carboxylic acids is 1. The summed E-state index contributed by atoms with van der Waals surface area (Å²) >= 11 is 0. The Balaban J connectivity index is 2.34. The molecule has 0 spiro atoms. The molecule has 0 bridgehead atoms. The molecule has 0 atom stereocenters. The van der Waals surface area contributed by atoms with Crippen LogP contribution in [0, 0.1) is 0 Å². The van der Waals surface area contributed by atoms with Crippen molar-refractivity contribution in [1.29, 1.82) is 0 Å². The van der Waals surface area contributed by atoms with E-state index in [9.17, 15) is 4.79 Å². The summed E-state index contributed by atoms with van der Waals surface area (Å²) in [5.41, 5.74) is 6.40. The second-order valence-electron chi connectivity index (χ2n) is 3.82. The molecule has 0 saturated carbocycles. The van der Waals surface area contributed by atoms with Gasteiger partial charge in [0, 0.05) is 6.20 Å². The van der Waals surface area contributed by atoms with E-state index in [-0.39, 0.29) is 0 Å². The number of ether oxygens (including phenoxy) is 1. The lowest BCUT2D eigenvalue weighted by Gasteiger charge is -2.13. The van der Waals surface area contributed by atoms with Crippen LogP contribution in [0.3, 0.4) is 0 Å². The minimum Gasteiger partial charge on any atom is -0.492 e. The van der Waals surface area contributed by atoms with Crippen molar-refractivity contribution < 1.29 is 9.53 Å². The molecule has 2 rings (SSSR count). The molecule has 0 saturated heterocycles. The highest BCUT2D eigenvalue weighted by Crippen LogP contribution is 2.27. The van der Waals surface area contributed by atoms with Gasteiger partial charge in [0.15, 0.2) is 0 Å². The molecule has 5 nitrogen and oxygen atoms in total. The Bertz CT molecular complexity index is 584. The number of benzene rings is 1. The van der Waals surface area contributed by atoms with Crippen LogP contribution in [0.4, 0.5) is 11.5 Å². The predicted octanol–water partition coefficient (Wildman–Crippen LogP) is 2.32. The first-order chi connectivity index (χ1) is 9.22. The van der Waals surface area contributed by atoms with E-state index in [1.54, 1.807) is 18.3 Å². The number of carbonyl (C=O) groups is 1. The fraction of sp³-hybridized carbons (Fsp3) is 0.143.